The maximum absolute atomic E-state index is 14.4. The summed E-state index contributed by atoms with van der Waals surface area (Å²) >= 11 is 7.20. The highest BCUT2D eigenvalue weighted by molar-refractivity contribution is 7.15. The van der Waals surface area contributed by atoms with Gasteiger partial charge >= 0.3 is 5.56 Å². The molecule has 1 N–H and O–H groups in total. The highest BCUT2D eigenvalue weighted by Gasteiger charge is 2.28. The fraction of sp³-hybridized carbons (Fsp3) is 0.105. The number of pyridine rings is 1. The molecule has 0 fully saturated rings. The lowest BCUT2D eigenvalue weighted by Gasteiger charge is -2.11. The first-order valence-electron chi connectivity index (χ1n) is 8.09. The molecule has 0 bridgehead atoms. The van der Waals surface area contributed by atoms with Crippen LogP contribution in [0.3, 0.4) is 0 Å². The first kappa shape index (κ1) is 17.6. The highest BCUT2D eigenvalue weighted by Crippen LogP contribution is 2.30. The van der Waals surface area contributed by atoms with Gasteiger partial charge in [-0.05, 0) is 25.1 Å². The van der Waals surface area contributed by atoms with Crippen LogP contribution in [0.1, 0.15) is 10.4 Å². The summed E-state index contributed by atoms with van der Waals surface area (Å²) in [7, 11) is 0. The van der Waals surface area contributed by atoms with Crippen LogP contribution in [0, 0.1) is 12.7 Å². The van der Waals surface area contributed by atoms with Gasteiger partial charge in [-0.2, -0.15) is 8.97 Å². The lowest BCUT2D eigenvalue weighted by Crippen LogP contribution is -2.44. The molecule has 136 valence electrons. The first-order valence-corrected chi connectivity index (χ1v) is 9.28. The average Bonchev–Trinajstić information content (AvgIpc) is 3.05. The van der Waals surface area contributed by atoms with E-state index < -0.39 is 11.4 Å². The van der Waals surface area contributed by atoms with Crippen molar-refractivity contribution in [3.63, 3.8) is 0 Å². The zero-order chi connectivity index (χ0) is 19.1. The highest BCUT2D eigenvalue weighted by atomic mass is 35.5. The standard InChI is InChI=1S/C19H13ClFN3O2S/c1-11-5-4-8-23-16(11)24(10-12-9-22-19(20)27-12)18(26)15(17(23)25)13-6-2-3-7-14(13)21/h2-9H,10H2,1H3/p+1. The Bertz CT molecular complexity index is 1240. The summed E-state index contributed by atoms with van der Waals surface area (Å²) in [6.45, 7) is 2.08. The van der Waals surface area contributed by atoms with Crippen LogP contribution in [-0.4, -0.2) is 14.7 Å². The van der Waals surface area contributed by atoms with E-state index >= 15 is 0 Å². The van der Waals surface area contributed by atoms with Crippen LogP contribution in [-0.2, 0) is 6.54 Å². The SMILES string of the molecule is Cc1ccc[n+]2c(=O)c(-c3ccccc3F)c(O)n(Cc3cnc(Cl)s3)c12. The molecule has 0 amide bonds. The van der Waals surface area contributed by atoms with E-state index in [9.17, 15) is 14.3 Å². The van der Waals surface area contributed by atoms with Gasteiger partial charge in [0.2, 0.25) is 0 Å². The molecule has 3 heterocycles. The molecule has 0 aliphatic carbocycles. The molecule has 8 heteroatoms. The number of aromatic nitrogens is 3. The van der Waals surface area contributed by atoms with Crippen LogP contribution in [0.15, 0.2) is 53.6 Å². The summed E-state index contributed by atoms with van der Waals surface area (Å²) in [4.78, 5) is 17.9. The number of hydrogen-bond acceptors (Lipinski definition) is 4. The fourth-order valence-corrected chi connectivity index (χ4v) is 4.10. The Kier molecular flexibility index (Phi) is 4.41. The number of hydrogen-bond donors (Lipinski definition) is 1. The van der Waals surface area contributed by atoms with E-state index in [0.717, 1.165) is 10.4 Å². The van der Waals surface area contributed by atoms with Crippen LogP contribution in [0.4, 0.5) is 4.39 Å². The van der Waals surface area contributed by atoms with E-state index in [-0.39, 0.29) is 23.6 Å². The Morgan fingerprint density at radius 1 is 1.30 bits per heavy atom. The van der Waals surface area contributed by atoms with Gasteiger partial charge in [0.15, 0.2) is 10.0 Å². The topological polar surface area (TPSA) is 59.2 Å². The second-order valence-electron chi connectivity index (χ2n) is 6.03. The van der Waals surface area contributed by atoms with Gasteiger partial charge in [-0.15, -0.1) is 11.3 Å². The van der Waals surface area contributed by atoms with Gasteiger partial charge in [-0.1, -0.05) is 29.8 Å². The number of nitrogens with zero attached hydrogens (tertiary/aromatic N) is 3. The molecule has 0 spiro atoms. The number of aromatic hydroxyl groups is 1. The molecule has 0 aliphatic rings. The van der Waals surface area contributed by atoms with Crippen molar-refractivity contribution in [2.24, 2.45) is 0 Å². The molecule has 4 rings (SSSR count). The monoisotopic (exact) mass is 402 g/mol. The van der Waals surface area contributed by atoms with Crippen molar-refractivity contribution in [2.75, 3.05) is 0 Å². The van der Waals surface area contributed by atoms with Crippen LogP contribution in [0.2, 0.25) is 4.47 Å². The minimum atomic E-state index is -0.579. The van der Waals surface area contributed by atoms with Crippen LogP contribution < -0.4 is 9.96 Å². The zero-order valence-corrected chi connectivity index (χ0v) is 15.8. The maximum atomic E-state index is 14.4. The minimum Gasteiger partial charge on any atom is -0.477 e. The molecule has 0 saturated heterocycles. The predicted molar refractivity (Wildman–Crippen MR) is 102 cm³/mol. The summed E-state index contributed by atoms with van der Waals surface area (Å²) in [5.41, 5.74) is 0.777. The van der Waals surface area contributed by atoms with E-state index in [0.29, 0.717) is 10.1 Å². The minimum absolute atomic E-state index is 0.0481. The third-order valence-corrected chi connectivity index (χ3v) is 5.41. The Hall–Kier alpha value is -2.77. The van der Waals surface area contributed by atoms with Crippen molar-refractivity contribution in [1.29, 1.82) is 0 Å². The van der Waals surface area contributed by atoms with E-state index in [2.05, 4.69) is 4.98 Å². The third-order valence-electron chi connectivity index (χ3n) is 4.31. The first-order chi connectivity index (χ1) is 13.0. The van der Waals surface area contributed by atoms with Crippen molar-refractivity contribution < 1.29 is 13.9 Å². The van der Waals surface area contributed by atoms with E-state index in [1.807, 2.05) is 13.0 Å². The Balaban J connectivity index is 2.09. The van der Waals surface area contributed by atoms with Crippen molar-refractivity contribution in [1.82, 2.24) is 9.55 Å². The van der Waals surface area contributed by atoms with Gasteiger partial charge in [-0.3, -0.25) is 0 Å². The predicted octanol–water partition coefficient (Wildman–Crippen LogP) is 3.57. The second-order valence-corrected chi connectivity index (χ2v) is 7.73. The lowest BCUT2D eigenvalue weighted by molar-refractivity contribution is -0.532. The summed E-state index contributed by atoms with van der Waals surface area (Å²) in [6.07, 6.45) is 3.21. The summed E-state index contributed by atoms with van der Waals surface area (Å²) in [5.74, 6) is -0.881. The number of aryl methyl sites for hydroxylation is 1. The molecule has 0 unspecified atom stereocenters. The van der Waals surface area contributed by atoms with Crippen molar-refractivity contribution >= 4 is 28.6 Å². The second kappa shape index (κ2) is 6.75. The van der Waals surface area contributed by atoms with Gasteiger partial charge in [-0.25, -0.2) is 14.2 Å². The molecule has 0 atom stereocenters. The molecular weight excluding hydrogens is 389 g/mol. The molecule has 0 saturated carbocycles. The summed E-state index contributed by atoms with van der Waals surface area (Å²) in [5, 5.41) is 11.0. The van der Waals surface area contributed by atoms with E-state index in [4.69, 9.17) is 11.6 Å². The lowest BCUT2D eigenvalue weighted by atomic mass is 10.1. The number of halogens is 2. The third kappa shape index (κ3) is 2.98. The van der Waals surface area contributed by atoms with Gasteiger partial charge in [0.1, 0.15) is 12.4 Å². The molecule has 3 aromatic heterocycles. The Morgan fingerprint density at radius 2 is 2.07 bits per heavy atom. The molecule has 0 aliphatic heterocycles. The largest absolute Gasteiger partial charge is 0.477 e. The van der Waals surface area contributed by atoms with Gasteiger partial charge in [0, 0.05) is 17.3 Å². The smallest absolute Gasteiger partial charge is 0.354 e. The molecule has 1 aromatic carbocycles. The quantitative estimate of drug-likeness (QED) is 0.533. The summed E-state index contributed by atoms with van der Waals surface area (Å²) in [6, 6.07) is 9.46. The van der Waals surface area contributed by atoms with Crippen LogP contribution >= 0.6 is 22.9 Å². The van der Waals surface area contributed by atoms with Gasteiger partial charge in [0.25, 0.3) is 11.5 Å². The number of rotatable bonds is 3. The van der Waals surface area contributed by atoms with Crippen LogP contribution in [0.5, 0.6) is 5.88 Å². The van der Waals surface area contributed by atoms with E-state index in [1.54, 1.807) is 29.1 Å². The molecule has 0 radical (unpaired) electrons. The van der Waals surface area contributed by atoms with Crippen molar-refractivity contribution in [3.8, 4) is 17.0 Å². The maximum Gasteiger partial charge on any atom is 0.354 e. The van der Waals surface area contributed by atoms with Gasteiger partial charge < -0.3 is 5.11 Å². The van der Waals surface area contributed by atoms with Crippen molar-refractivity contribution in [3.05, 3.63) is 79.9 Å². The number of benzene rings is 1. The molecule has 5 nitrogen and oxygen atoms in total. The van der Waals surface area contributed by atoms with Crippen LogP contribution in [0.25, 0.3) is 16.8 Å². The Labute approximate surface area is 162 Å². The summed E-state index contributed by atoms with van der Waals surface area (Å²) < 4.78 is 17.8. The van der Waals surface area contributed by atoms with Crippen molar-refractivity contribution in [2.45, 2.75) is 13.5 Å². The molecule has 4 aromatic rings. The van der Waals surface area contributed by atoms with E-state index in [1.165, 1.54) is 33.9 Å². The number of fused-ring (bicyclic) bond motifs is 1. The molecular formula is C19H14ClFN3O2S+. The molecule has 27 heavy (non-hydrogen) atoms. The number of thiazole rings is 1. The fourth-order valence-electron chi connectivity index (χ4n) is 3.13. The zero-order valence-electron chi connectivity index (χ0n) is 14.2. The normalized spacial score (nSPS) is 11.2. The van der Waals surface area contributed by atoms with Gasteiger partial charge in [0.05, 0.1) is 11.1 Å². The average molecular weight is 403 g/mol. The Morgan fingerprint density at radius 3 is 2.78 bits per heavy atom.